The van der Waals surface area contributed by atoms with E-state index in [0.717, 1.165) is 29.4 Å². The van der Waals surface area contributed by atoms with Crippen molar-refractivity contribution in [3.63, 3.8) is 0 Å². The molecule has 0 saturated heterocycles. The lowest BCUT2D eigenvalue weighted by molar-refractivity contribution is 0.357. The van der Waals surface area contributed by atoms with E-state index in [0.29, 0.717) is 6.61 Å². The van der Waals surface area contributed by atoms with Crippen LogP contribution in [0.1, 0.15) is 21.5 Å². The SMILES string of the molecule is Fc1cc(C(Br)c2ccc3c(c2)CCO3)c(F)cc1Br. The third-order valence-electron chi connectivity index (χ3n) is 3.32. The maximum atomic E-state index is 14.0. The van der Waals surface area contributed by atoms with E-state index in [1.165, 1.54) is 6.07 Å². The van der Waals surface area contributed by atoms with Crippen LogP contribution in [0, 0.1) is 11.6 Å². The summed E-state index contributed by atoms with van der Waals surface area (Å²) >= 11 is 6.43. The van der Waals surface area contributed by atoms with Gasteiger partial charge in [0.15, 0.2) is 0 Å². The zero-order valence-electron chi connectivity index (χ0n) is 10.3. The topological polar surface area (TPSA) is 9.23 Å². The van der Waals surface area contributed by atoms with E-state index in [1.54, 1.807) is 0 Å². The smallest absolute Gasteiger partial charge is 0.137 e. The molecule has 0 N–H and O–H groups in total. The molecule has 0 amide bonds. The minimum absolute atomic E-state index is 0.126. The van der Waals surface area contributed by atoms with Gasteiger partial charge in [-0.05, 0) is 45.3 Å². The van der Waals surface area contributed by atoms with E-state index < -0.39 is 16.5 Å². The maximum Gasteiger partial charge on any atom is 0.137 e. The Balaban J connectivity index is 2.00. The molecule has 0 bridgehead atoms. The Labute approximate surface area is 132 Å². The van der Waals surface area contributed by atoms with Crippen LogP contribution in [-0.2, 0) is 6.42 Å². The predicted molar refractivity (Wildman–Crippen MR) is 80.5 cm³/mol. The first-order valence-corrected chi connectivity index (χ1v) is 7.81. The fraction of sp³-hybridized carbons (Fsp3) is 0.200. The zero-order valence-corrected chi connectivity index (χ0v) is 13.5. The summed E-state index contributed by atoms with van der Waals surface area (Å²) < 4.78 is 33.2. The summed E-state index contributed by atoms with van der Waals surface area (Å²) in [5, 5.41) is 0. The van der Waals surface area contributed by atoms with Crippen LogP contribution in [-0.4, -0.2) is 6.61 Å². The van der Waals surface area contributed by atoms with Crippen molar-refractivity contribution in [2.24, 2.45) is 0 Å². The van der Waals surface area contributed by atoms with Crippen LogP contribution in [0.5, 0.6) is 5.75 Å². The van der Waals surface area contributed by atoms with Gasteiger partial charge in [-0.2, -0.15) is 0 Å². The second kappa shape index (κ2) is 5.45. The highest BCUT2D eigenvalue weighted by molar-refractivity contribution is 9.10. The van der Waals surface area contributed by atoms with E-state index >= 15 is 0 Å². The minimum Gasteiger partial charge on any atom is -0.493 e. The van der Waals surface area contributed by atoms with Crippen LogP contribution < -0.4 is 4.74 Å². The van der Waals surface area contributed by atoms with Crippen molar-refractivity contribution >= 4 is 31.9 Å². The van der Waals surface area contributed by atoms with E-state index in [1.807, 2.05) is 18.2 Å². The zero-order chi connectivity index (χ0) is 14.3. The normalized spacial score (nSPS) is 14.8. The van der Waals surface area contributed by atoms with Crippen molar-refractivity contribution < 1.29 is 13.5 Å². The number of benzene rings is 2. The molecule has 0 saturated carbocycles. The van der Waals surface area contributed by atoms with E-state index in [-0.39, 0.29) is 10.0 Å². The molecule has 0 fully saturated rings. The number of halogens is 4. The van der Waals surface area contributed by atoms with Crippen LogP contribution in [0.3, 0.4) is 0 Å². The quantitative estimate of drug-likeness (QED) is 0.497. The molecular weight excluding hydrogens is 394 g/mol. The number of hydrogen-bond donors (Lipinski definition) is 0. The fourth-order valence-electron chi connectivity index (χ4n) is 2.28. The Morgan fingerprint density at radius 2 is 1.90 bits per heavy atom. The molecule has 0 radical (unpaired) electrons. The standard InChI is InChI=1S/C15H10Br2F2O/c16-11-7-12(18)10(6-13(11)19)15(17)9-1-2-14-8(5-9)3-4-20-14/h1-2,5-7,15H,3-4H2. The Morgan fingerprint density at radius 3 is 2.70 bits per heavy atom. The van der Waals surface area contributed by atoms with Crippen LogP contribution in [0.4, 0.5) is 8.78 Å². The van der Waals surface area contributed by atoms with Crippen molar-refractivity contribution in [1.82, 2.24) is 0 Å². The van der Waals surface area contributed by atoms with Gasteiger partial charge < -0.3 is 4.74 Å². The van der Waals surface area contributed by atoms with Gasteiger partial charge in [-0.25, -0.2) is 8.78 Å². The van der Waals surface area contributed by atoms with Crippen molar-refractivity contribution in [2.45, 2.75) is 11.2 Å². The molecular formula is C15H10Br2F2O. The van der Waals surface area contributed by atoms with Crippen molar-refractivity contribution in [3.8, 4) is 5.75 Å². The predicted octanol–water partition coefficient (Wildman–Crippen LogP) is 5.15. The fourth-order valence-corrected chi connectivity index (χ4v) is 3.23. The summed E-state index contributed by atoms with van der Waals surface area (Å²) in [6.45, 7) is 0.674. The van der Waals surface area contributed by atoms with Crippen LogP contribution in [0.2, 0.25) is 0 Å². The first-order valence-electron chi connectivity index (χ1n) is 6.10. The van der Waals surface area contributed by atoms with Crippen molar-refractivity contribution in [1.29, 1.82) is 0 Å². The molecule has 5 heteroatoms. The molecule has 1 unspecified atom stereocenters. The number of hydrogen-bond acceptors (Lipinski definition) is 1. The average Bonchev–Trinajstić information content (AvgIpc) is 2.89. The van der Waals surface area contributed by atoms with E-state index in [4.69, 9.17) is 4.74 Å². The largest absolute Gasteiger partial charge is 0.493 e. The van der Waals surface area contributed by atoms with Crippen LogP contribution >= 0.6 is 31.9 Å². The molecule has 1 aliphatic heterocycles. The molecule has 1 heterocycles. The lowest BCUT2D eigenvalue weighted by Crippen LogP contribution is -1.99. The molecule has 0 spiro atoms. The van der Waals surface area contributed by atoms with Crippen LogP contribution in [0.25, 0.3) is 0 Å². The molecule has 3 rings (SSSR count). The second-order valence-corrected chi connectivity index (χ2v) is 6.39. The summed E-state index contributed by atoms with van der Waals surface area (Å²) in [5.74, 6) is -0.0526. The summed E-state index contributed by atoms with van der Waals surface area (Å²) in [6, 6.07) is 8.07. The number of alkyl halides is 1. The lowest BCUT2D eigenvalue weighted by atomic mass is 10.0. The summed E-state index contributed by atoms with van der Waals surface area (Å²) in [4.78, 5) is -0.393. The molecule has 1 nitrogen and oxygen atoms in total. The molecule has 1 aliphatic rings. The Kier molecular flexibility index (Phi) is 3.82. The molecule has 0 aromatic heterocycles. The third-order valence-corrected chi connectivity index (χ3v) is 4.95. The summed E-state index contributed by atoms with van der Waals surface area (Å²) in [7, 11) is 0. The highest BCUT2D eigenvalue weighted by Gasteiger charge is 2.20. The molecule has 104 valence electrons. The summed E-state index contributed by atoms with van der Waals surface area (Å²) in [6.07, 6.45) is 0.847. The number of ether oxygens (including phenoxy) is 1. The highest BCUT2D eigenvalue weighted by Crippen LogP contribution is 2.37. The van der Waals surface area contributed by atoms with Gasteiger partial charge in [-0.3, -0.25) is 0 Å². The molecule has 0 aliphatic carbocycles. The highest BCUT2D eigenvalue weighted by atomic mass is 79.9. The minimum atomic E-state index is -0.477. The van der Waals surface area contributed by atoms with Gasteiger partial charge in [-0.15, -0.1) is 0 Å². The summed E-state index contributed by atoms with van der Waals surface area (Å²) in [5.41, 5.74) is 2.27. The number of fused-ring (bicyclic) bond motifs is 1. The second-order valence-electron chi connectivity index (χ2n) is 4.62. The maximum absolute atomic E-state index is 14.0. The van der Waals surface area contributed by atoms with E-state index in [9.17, 15) is 8.78 Å². The van der Waals surface area contributed by atoms with Gasteiger partial charge in [0.05, 0.1) is 15.9 Å². The van der Waals surface area contributed by atoms with Crippen LogP contribution in [0.15, 0.2) is 34.8 Å². The van der Waals surface area contributed by atoms with Gasteiger partial charge >= 0.3 is 0 Å². The molecule has 2 aromatic rings. The van der Waals surface area contributed by atoms with Gasteiger partial charge in [0.1, 0.15) is 17.4 Å². The number of rotatable bonds is 2. The Morgan fingerprint density at radius 1 is 1.10 bits per heavy atom. The van der Waals surface area contributed by atoms with Gasteiger partial charge in [0, 0.05) is 12.0 Å². The molecule has 1 atom stereocenters. The van der Waals surface area contributed by atoms with Crippen molar-refractivity contribution in [2.75, 3.05) is 6.61 Å². The molecule has 2 aromatic carbocycles. The average molecular weight is 404 g/mol. The van der Waals surface area contributed by atoms with Gasteiger partial charge in [-0.1, -0.05) is 28.1 Å². The third kappa shape index (κ3) is 2.49. The van der Waals surface area contributed by atoms with Crippen molar-refractivity contribution in [3.05, 3.63) is 63.1 Å². The first-order chi connectivity index (χ1) is 9.56. The van der Waals surface area contributed by atoms with Gasteiger partial charge in [0.2, 0.25) is 0 Å². The van der Waals surface area contributed by atoms with Gasteiger partial charge in [0.25, 0.3) is 0 Å². The first kappa shape index (κ1) is 14.0. The molecule has 20 heavy (non-hydrogen) atoms. The monoisotopic (exact) mass is 402 g/mol. The Bertz CT molecular complexity index is 673. The lowest BCUT2D eigenvalue weighted by Gasteiger charge is -2.13. The van der Waals surface area contributed by atoms with E-state index in [2.05, 4.69) is 31.9 Å². The Hall–Kier alpha value is -0.940.